The molecule has 112 valence electrons. The van der Waals surface area contributed by atoms with Crippen molar-refractivity contribution in [2.45, 2.75) is 58.3 Å². The minimum Gasteiger partial charge on any atom is -0.356 e. The van der Waals surface area contributed by atoms with E-state index in [4.69, 9.17) is 0 Å². The van der Waals surface area contributed by atoms with Crippen LogP contribution in [-0.2, 0) is 4.79 Å². The predicted molar refractivity (Wildman–Crippen MR) is 87.2 cm³/mol. The van der Waals surface area contributed by atoms with Crippen molar-refractivity contribution in [1.29, 1.82) is 0 Å². The number of hydrogen-bond donors (Lipinski definition) is 3. The molecular formula is C14H28N2OS2. The van der Waals surface area contributed by atoms with Gasteiger partial charge < -0.3 is 5.32 Å². The molecule has 5 heteroatoms. The minimum absolute atomic E-state index is 0.256. The molecular weight excluding hydrogens is 276 g/mol. The molecule has 0 unspecified atom stereocenters. The number of unbranched alkanes of at least 4 members (excludes halogenated alkanes) is 3. The van der Waals surface area contributed by atoms with Gasteiger partial charge in [0.25, 0.3) is 0 Å². The average Bonchev–Trinajstić information content (AvgIpc) is 2.45. The molecule has 0 atom stereocenters. The molecule has 1 aliphatic rings. The average molecular weight is 305 g/mol. The zero-order chi connectivity index (χ0) is 13.9. The summed E-state index contributed by atoms with van der Waals surface area (Å²) < 4.78 is 3.20. The molecule has 0 spiro atoms. The fourth-order valence-electron chi connectivity index (χ4n) is 2.69. The Morgan fingerprint density at radius 1 is 1.21 bits per heavy atom. The smallest absolute Gasteiger partial charge is 0.223 e. The molecule has 1 rings (SSSR count). The molecule has 0 aliphatic heterocycles. The van der Waals surface area contributed by atoms with Crippen molar-refractivity contribution in [3.63, 3.8) is 0 Å². The third kappa shape index (κ3) is 7.47. The molecule has 0 aromatic heterocycles. The van der Waals surface area contributed by atoms with Gasteiger partial charge in [-0.1, -0.05) is 37.8 Å². The van der Waals surface area contributed by atoms with Crippen molar-refractivity contribution in [3.8, 4) is 0 Å². The molecule has 0 bridgehead atoms. The van der Waals surface area contributed by atoms with Crippen LogP contribution < -0.4 is 10.0 Å². The van der Waals surface area contributed by atoms with Gasteiger partial charge in [0.15, 0.2) is 0 Å². The molecule has 19 heavy (non-hydrogen) atoms. The van der Waals surface area contributed by atoms with Crippen molar-refractivity contribution in [2.24, 2.45) is 11.8 Å². The number of hydrogen-bond acceptors (Lipinski definition) is 4. The highest BCUT2D eigenvalue weighted by molar-refractivity contribution is 8.67. The van der Waals surface area contributed by atoms with Crippen LogP contribution in [0.15, 0.2) is 0 Å². The summed E-state index contributed by atoms with van der Waals surface area (Å²) in [5.74, 6) is 1.26. The van der Waals surface area contributed by atoms with Gasteiger partial charge >= 0.3 is 0 Å². The first-order chi connectivity index (χ1) is 9.27. The summed E-state index contributed by atoms with van der Waals surface area (Å²) in [5, 5.41) is 3.10. The van der Waals surface area contributed by atoms with Gasteiger partial charge in [-0.3, -0.25) is 9.52 Å². The topological polar surface area (TPSA) is 41.1 Å². The summed E-state index contributed by atoms with van der Waals surface area (Å²) in [7, 11) is 1.39. The molecule has 3 nitrogen and oxygen atoms in total. The van der Waals surface area contributed by atoms with Gasteiger partial charge in [0, 0.05) is 19.0 Å². The Morgan fingerprint density at radius 2 is 1.95 bits per heavy atom. The molecule has 1 saturated carbocycles. The number of nitrogens with one attached hydrogen (secondary N) is 2. The molecule has 2 N–H and O–H groups in total. The number of carbonyl (C=O) groups is 1. The first kappa shape index (κ1) is 17.2. The third-order valence-corrected chi connectivity index (χ3v) is 4.67. The second-order valence-corrected chi connectivity index (χ2v) is 6.53. The second kappa shape index (κ2) is 10.9. The molecule has 1 fully saturated rings. The van der Waals surface area contributed by atoms with E-state index in [-0.39, 0.29) is 11.8 Å². The second-order valence-electron chi connectivity index (χ2n) is 5.51. The summed E-state index contributed by atoms with van der Waals surface area (Å²) >= 11 is 4.07. The third-order valence-electron chi connectivity index (χ3n) is 3.98. The number of amides is 1. The van der Waals surface area contributed by atoms with Crippen LogP contribution >= 0.6 is 22.6 Å². The van der Waals surface area contributed by atoms with Gasteiger partial charge in [-0.25, -0.2) is 0 Å². The van der Waals surface area contributed by atoms with Gasteiger partial charge in [0.1, 0.15) is 0 Å². The lowest BCUT2D eigenvalue weighted by Gasteiger charge is -2.27. The molecule has 0 aromatic carbocycles. The van der Waals surface area contributed by atoms with E-state index in [1.54, 1.807) is 0 Å². The Kier molecular flexibility index (Phi) is 9.82. The van der Waals surface area contributed by atoms with Gasteiger partial charge in [-0.05, 0) is 49.0 Å². The van der Waals surface area contributed by atoms with Crippen LogP contribution in [0.4, 0.5) is 0 Å². The normalized spacial score (nSPS) is 23.3. The Bertz CT molecular complexity index is 244. The number of thiol groups is 1. The largest absolute Gasteiger partial charge is 0.356 e. The van der Waals surface area contributed by atoms with E-state index < -0.39 is 0 Å². The van der Waals surface area contributed by atoms with Gasteiger partial charge in [0.05, 0.1) is 0 Å². The highest BCUT2D eigenvalue weighted by Crippen LogP contribution is 2.28. The van der Waals surface area contributed by atoms with Gasteiger partial charge in [0.2, 0.25) is 5.91 Å². The SMILES string of the molecule is CCCCCCNC(=O)C1CCC(CNSS)CC1. The van der Waals surface area contributed by atoms with Crippen LogP contribution in [0.1, 0.15) is 58.3 Å². The molecule has 0 aromatic rings. The van der Waals surface area contributed by atoms with E-state index in [2.05, 4.69) is 28.6 Å². The fourth-order valence-corrected chi connectivity index (χ4v) is 3.23. The Labute approximate surface area is 127 Å². The molecule has 1 aliphatic carbocycles. The van der Waals surface area contributed by atoms with Crippen molar-refractivity contribution in [2.75, 3.05) is 13.1 Å². The first-order valence-electron chi connectivity index (χ1n) is 7.58. The van der Waals surface area contributed by atoms with Gasteiger partial charge in [-0.15, -0.1) is 0 Å². The van der Waals surface area contributed by atoms with E-state index in [9.17, 15) is 4.79 Å². The summed E-state index contributed by atoms with van der Waals surface area (Å²) in [5.41, 5.74) is 0. The lowest BCUT2D eigenvalue weighted by atomic mass is 9.81. The van der Waals surface area contributed by atoms with Gasteiger partial charge in [-0.2, -0.15) is 0 Å². The van der Waals surface area contributed by atoms with Crippen molar-refractivity contribution in [3.05, 3.63) is 0 Å². The highest BCUT2D eigenvalue weighted by atomic mass is 33.1. The summed E-state index contributed by atoms with van der Waals surface area (Å²) in [4.78, 5) is 12.0. The first-order valence-corrected chi connectivity index (χ1v) is 9.45. The van der Waals surface area contributed by atoms with E-state index >= 15 is 0 Å². The molecule has 0 heterocycles. The fraction of sp³-hybridized carbons (Fsp3) is 0.929. The molecule has 1 amide bonds. The van der Waals surface area contributed by atoms with E-state index in [1.165, 1.54) is 30.2 Å². The van der Waals surface area contributed by atoms with Crippen molar-refractivity contribution >= 4 is 28.5 Å². The van der Waals surface area contributed by atoms with Crippen LogP contribution in [0, 0.1) is 11.8 Å². The highest BCUT2D eigenvalue weighted by Gasteiger charge is 2.25. The maximum atomic E-state index is 12.0. The lowest BCUT2D eigenvalue weighted by molar-refractivity contribution is -0.126. The van der Waals surface area contributed by atoms with Crippen molar-refractivity contribution in [1.82, 2.24) is 10.0 Å². The monoisotopic (exact) mass is 304 g/mol. The summed E-state index contributed by atoms with van der Waals surface area (Å²) in [6, 6.07) is 0. The zero-order valence-electron chi connectivity index (χ0n) is 12.0. The molecule has 0 saturated heterocycles. The van der Waals surface area contributed by atoms with Crippen LogP contribution in [0.25, 0.3) is 0 Å². The maximum absolute atomic E-state index is 12.0. The van der Waals surface area contributed by atoms with Crippen LogP contribution in [-0.4, -0.2) is 19.0 Å². The predicted octanol–water partition coefficient (Wildman–Crippen LogP) is 3.57. The van der Waals surface area contributed by atoms with E-state index in [1.807, 2.05) is 0 Å². The van der Waals surface area contributed by atoms with Crippen LogP contribution in [0.5, 0.6) is 0 Å². The number of rotatable bonds is 9. The summed E-state index contributed by atoms with van der Waals surface area (Å²) in [6.07, 6.45) is 9.29. The van der Waals surface area contributed by atoms with Crippen LogP contribution in [0.3, 0.4) is 0 Å². The zero-order valence-corrected chi connectivity index (χ0v) is 13.7. The maximum Gasteiger partial charge on any atom is 0.223 e. The van der Waals surface area contributed by atoms with Crippen LogP contribution in [0.2, 0.25) is 0 Å². The summed E-state index contributed by atoms with van der Waals surface area (Å²) in [6.45, 7) is 4.08. The Hall–Kier alpha value is 0.130. The van der Waals surface area contributed by atoms with E-state index in [0.29, 0.717) is 5.92 Å². The Balaban J connectivity index is 2.07. The molecule has 0 radical (unpaired) electrons. The van der Waals surface area contributed by atoms with Crippen molar-refractivity contribution < 1.29 is 4.79 Å². The quantitative estimate of drug-likeness (QED) is 0.264. The van der Waals surface area contributed by atoms with E-state index in [0.717, 1.165) is 45.2 Å². The standard InChI is InChI=1S/C14H28N2OS2/c1-2-3-4-5-10-15-14(17)13-8-6-12(7-9-13)11-16-19-18/h12-13,16,18H,2-11H2,1H3,(H,15,17). The minimum atomic E-state index is 0.256. The Morgan fingerprint density at radius 3 is 2.58 bits per heavy atom. The lowest BCUT2D eigenvalue weighted by Crippen LogP contribution is -2.34. The number of carbonyl (C=O) groups excluding carboxylic acids is 1.